The molecule has 144 valence electrons. The quantitative estimate of drug-likeness (QED) is 0.902. The fourth-order valence-electron chi connectivity index (χ4n) is 4.66. The lowest BCUT2D eigenvalue weighted by molar-refractivity contribution is -0.0603. The Hall–Kier alpha value is -1.98. The summed E-state index contributed by atoms with van der Waals surface area (Å²) >= 11 is 0. The van der Waals surface area contributed by atoms with E-state index >= 15 is 0 Å². The van der Waals surface area contributed by atoms with Crippen molar-refractivity contribution in [1.29, 1.82) is 0 Å². The van der Waals surface area contributed by atoms with Gasteiger partial charge in [-0.25, -0.2) is 9.97 Å². The minimum absolute atomic E-state index is 0.0797. The van der Waals surface area contributed by atoms with E-state index in [1.165, 1.54) is 18.4 Å². The van der Waals surface area contributed by atoms with Crippen molar-refractivity contribution in [3.63, 3.8) is 0 Å². The van der Waals surface area contributed by atoms with Crippen LogP contribution in [-0.4, -0.2) is 52.2 Å². The van der Waals surface area contributed by atoms with Crippen molar-refractivity contribution in [2.75, 3.05) is 31.1 Å². The standard InChI is InChI=1S/C22H30N4O/c1-3-18-15-23-17(2)24-21(18)26-14-11-22(27,19-9-5-4-6-10-19)20(16-26)25-12-7-8-13-25/h4-6,9-10,15,20,27H,3,7-8,11-14,16H2,1-2H3/t20-,22+/m1/s1. The summed E-state index contributed by atoms with van der Waals surface area (Å²) in [5, 5.41) is 11.8. The van der Waals surface area contributed by atoms with E-state index in [1.54, 1.807) is 0 Å². The van der Waals surface area contributed by atoms with Gasteiger partial charge in [-0.05, 0) is 51.3 Å². The van der Waals surface area contributed by atoms with Gasteiger partial charge in [-0.3, -0.25) is 4.90 Å². The Labute approximate surface area is 162 Å². The van der Waals surface area contributed by atoms with Crippen molar-refractivity contribution >= 4 is 5.82 Å². The van der Waals surface area contributed by atoms with Crippen LogP contribution in [0.5, 0.6) is 0 Å². The Kier molecular flexibility index (Phi) is 5.15. The molecule has 27 heavy (non-hydrogen) atoms. The van der Waals surface area contributed by atoms with Gasteiger partial charge in [0.15, 0.2) is 0 Å². The van der Waals surface area contributed by atoms with E-state index in [2.05, 4.69) is 33.8 Å². The van der Waals surface area contributed by atoms with Crippen LogP contribution in [0.2, 0.25) is 0 Å². The topological polar surface area (TPSA) is 52.5 Å². The van der Waals surface area contributed by atoms with Crippen LogP contribution in [0.3, 0.4) is 0 Å². The molecule has 0 bridgehead atoms. The third-order valence-electron chi connectivity index (χ3n) is 6.21. The van der Waals surface area contributed by atoms with Crippen LogP contribution in [0, 0.1) is 6.92 Å². The van der Waals surface area contributed by atoms with Crippen molar-refractivity contribution in [3.05, 3.63) is 53.5 Å². The number of rotatable bonds is 4. The molecule has 2 saturated heterocycles. The van der Waals surface area contributed by atoms with Crippen molar-refractivity contribution in [3.8, 4) is 0 Å². The van der Waals surface area contributed by atoms with Gasteiger partial charge in [0.2, 0.25) is 0 Å². The van der Waals surface area contributed by atoms with Crippen LogP contribution in [-0.2, 0) is 12.0 Å². The molecular formula is C22H30N4O. The molecule has 0 aliphatic carbocycles. The summed E-state index contributed by atoms with van der Waals surface area (Å²) in [6, 6.07) is 10.3. The second kappa shape index (κ2) is 7.56. The lowest BCUT2D eigenvalue weighted by Gasteiger charge is -2.49. The van der Waals surface area contributed by atoms with Gasteiger partial charge in [0.1, 0.15) is 17.2 Å². The first-order chi connectivity index (χ1) is 13.1. The number of benzene rings is 1. The lowest BCUT2D eigenvalue weighted by atomic mass is 9.79. The second-order valence-corrected chi connectivity index (χ2v) is 7.86. The monoisotopic (exact) mass is 366 g/mol. The van der Waals surface area contributed by atoms with E-state index in [0.717, 1.165) is 49.8 Å². The van der Waals surface area contributed by atoms with Crippen molar-refractivity contribution in [1.82, 2.24) is 14.9 Å². The zero-order valence-corrected chi connectivity index (χ0v) is 16.4. The van der Waals surface area contributed by atoms with E-state index in [-0.39, 0.29) is 6.04 Å². The molecule has 5 nitrogen and oxygen atoms in total. The van der Waals surface area contributed by atoms with E-state index in [9.17, 15) is 5.11 Å². The molecule has 2 aliphatic heterocycles. The minimum atomic E-state index is -0.809. The first-order valence-corrected chi connectivity index (χ1v) is 10.2. The summed E-state index contributed by atoms with van der Waals surface area (Å²) in [6.45, 7) is 7.84. The smallest absolute Gasteiger partial charge is 0.135 e. The number of nitrogens with zero attached hydrogens (tertiary/aromatic N) is 4. The van der Waals surface area contributed by atoms with E-state index in [1.807, 2.05) is 31.3 Å². The summed E-state index contributed by atoms with van der Waals surface area (Å²) < 4.78 is 0. The highest BCUT2D eigenvalue weighted by Crippen LogP contribution is 2.38. The maximum atomic E-state index is 11.8. The van der Waals surface area contributed by atoms with Crippen molar-refractivity contribution in [2.24, 2.45) is 0 Å². The number of piperidine rings is 1. The first kappa shape index (κ1) is 18.4. The maximum absolute atomic E-state index is 11.8. The number of hydrogen-bond donors (Lipinski definition) is 1. The number of aromatic nitrogens is 2. The molecule has 1 N–H and O–H groups in total. The summed E-state index contributed by atoms with van der Waals surface area (Å²) in [5.41, 5.74) is 1.42. The van der Waals surface area contributed by atoms with Gasteiger partial charge in [-0.1, -0.05) is 37.3 Å². The number of aryl methyl sites for hydroxylation is 2. The summed E-state index contributed by atoms with van der Waals surface area (Å²) in [6.07, 6.45) is 6.02. The van der Waals surface area contributed by atoms with Crippen molar-refractivity contribution < 1.29 is 5.11 Å². The number of anilines is 1. The van der Waals surface area contributed by atoms with Crippen LogP contribution in [0.15, 0.2) is 36.5 Å². The average Bonchev–Trinajstić information content (AvgIpc) is 3.23. The molecule has 1 aromatic carbocycles. The second-order valence-electron chi connectivity index (χ2n) is 7.86. The van der Waals surface area contributed by atoms with Gasteiger partial charge in [0, 0.05) is 24.8 Å². The van der Waals surface area contributed by atoms with Crippen LogP contribution in [0.1, 0.15) is 43.1 Å². The average molecular weight is 367 g/mol. The van der Waals surface area contributed by atoms with Crippen LogP contribution in [0.25, 0.3) is 0 Å². The van der Waals surface area contributed by atoms with Crippen LogP contribution < -0.4 is 4.90 Å². The van der Waals surface area contributed by atoms with Gasteiger partial charge in [-0.2, -0.15) is 0 Å². The molecule has 0 radical (unpaired) electrons. The molecule has 2 fully saturated rings. The highest BCUT2D eigenvalue weighted by molar-refractivity contribution is 5.48. The van der Waals surface area contributed by atoms with Gasteiger partial charge in [-0.15, -0.1) is 0 Å². The fraction of sp³-hybridized carbons (Fsp3) is 0.545. The van der Waals surface area contributed by atoms with Gasteiger partial charge in [0.05, 0.1) is 6.04 Å². The molecule has 5 heteroatoms. The third-order valence-corrected chi connectivity index (χ3v) is 6.21. The molecule has 0 spiro atoms. The molecule has 2 atom stereocenters. The summed E-state index contributed by atoms with van der Waals surface area (Å²) in [7, 11) is 0. The largest absolute Gasteiger partial charge is 0.383 e. The Bertz CT molecular complexity index is 775. The Balaban J connectivity index is 1.68. The SMILES string of the molecule is CCc1cnc(C)nc1N1CC[C@](O)(c2ccccc2)[C@H](N2CCCC2)C1. The summed E-state index contributed by atoms with van der Waals surface area (Å²) in [5.74, 6) is 1.85. The molecular weight excluding hydrogens is 336 g/mol. The highest BCUT2D eigenvalue weighted by atomic mass is 16.3. The molecule has 2 aromatic rings. The molecule has 0 amide bonds. The lowest BCUT2D eigenvalue weighted by Crippen LogP contribution is -2.60. The zero-order chi connectivity index (χ0) is 18.9. The molecule has 4 rings (SSSR count). The van der Waals surface area contributed by atoms with E-state index in [4.69, 9.17) is 4.98 Å². The predicted molar refractivity (Wildman–Crippen MR) is 108 cm³/mol. The van der Waals surface area contributed by atoms with Crippen LogP contribution in [0.4, 0.5) is 5.82 Å². The Morgan fingerprint density at radius 2 is 1.89 bits per heavy atom. The van der Waals surface area contributed by atoms with Gasteiger partial charge in [0.25, 0.3) is 0 Å². The van der Waals surface area contributed by atoms with Gasteiger partial charge >= 0.3 is 0 Å². The normalized spacial score (nSPS) is 26.5. The van der Waals surface area contributed by atoms with Gasteiger partial charge < -0.3 is 10.0 Å². The molecule has 3 heterocycles. The van der Waals surface area contributed by atoms with E-state index < -0.39 is 5.60 Å². The number of aliphatic hydroxyl groups is 1. The summed E-state index contributed by atoms with van der Waals surface area (Å²) in [4.78, 5) is 14.0. The molecule has 1 aromatic heterocycles. The third kappa shape index (κ3) is 3.46. The highest BCUT2D eigenvalue weighted by Gasteiger charge is 2.46. The molecule has 2 aliphatic rings. The molecule has 0 unspecified atom stereocenters. The minimum Gasteiger partial charge on any atom is -0.383 e. The first-order valence-electron chi connectivity index (χ1n) is 10.2. The van der Waals surface area contributed by atoms with Crippen molar-refractivity contribution in [2.45, 2.75) is 51.2 Å². The van der Waals surface area contributed by atoms with Crippen LogP contribution >= 0.6 is 0 Å². The predicted octanol–water partition coefficient (Wildman–Crippen LogP) is 2.91. The maximum Gasteiger partial charge on any atom is 0.135 e. The Morgan fingerprint density at radius 1 is 1.15 bits per heavy atom. The zero-order valence-electron chi connectivity index (χ0n) is 16.4. The Morgan fingerprint density at radius 3 is 2.59 bits per heavy atom. The van der Waals surface area contributed by atoms with E-state index in [0.29, 0.717) is 6.42 Å². The fourth-order valence-corrected chi connectivity index (χ4v) is 4.66. The number of hydrogen-bond acceptors (Lipinski definition) is 5. The molecule has 0 saturated carbocycles. The number of likely N-dealkylation sites (tertiary alicyclic amines) is 1.